The van der Waals surface area contributed by atoms with Crippen molar-refractivity contribution in [2.24, 2.45) is 0 Å². The molecule has 3 heterocycles. The first-order valence-corrected chi connectivity index (χ1v) is 11.1. The average molecular weight is 406 g/mol. The smallest absolute Gasteiger partial charge is 0.222 e. The molecule has 4 rings (SSSR count). The van der Waals surface area contributed by atoms with Crippen molar-refractivity contribution in [1.82, 2.24) is 9.97 Å². The number of hydrogen-bond acceptors (Lipinski definition) is 5. The molecular weight excluding hydrogens is 378 g/mol. The summed E-state index contributed by atoms with van der Waals surface area (Å²) in [7, 11) is 0. The Morgan fingerprint density at radius 3 is 2.62 bits per heavy atom. The molecule has 1 aromatic carbocycles. The van der Waals surface area contributed by atoms with Gasteiger partial charge in [-0.3, -0.25) is 0 Å². The summed E-state index contributed by atoms with van der Waals surface area (Å²) < 4.78 is 6.45. The monoisotopic (exact) mass is 405 g/mol. The molecule has 1 N–H and O–H groups in total. The van der Waals surface area contributed by atoms with E-state index in [1.165, 1.54) is 24.8 Å². The molecule has 1 fully saturated rings. The van der Waals surface area contributed by atoms with Gasteiger partial charge in [-0.15, -0.1) is 11.8 Å². The van der Waals surface area contributed by atoms with Crippen LogP contribution in [0.1, 0.15) is 38.7 Å². The lowest BCUT2D eigenvalue weighted by molar-refractivity contribution is 0.453. The van der Waals surface area contributed by atoms with Gasteiger partial charge in [0.05, 0.1) is 0 Å². The summed E-state index contributed by atoms with van der Waals surface area (Å²) in [5, 5.41) is 4.04. The van der Waals surface area contributed by atoms with E-state index in [0.717, 1.165) is 28.9 Å². The highest BCUT2D eigenvalue weighted by atomic mass is 32.2. The van der Waals surface area contributed by atoms with Crippen LogP contribution in [0.4, 0.5) is 11.5 Å². The van der Waals surface area contributed by atoms with Crippen molar-refractivity contribution in [2.45, 2.75) is 49.5 Å². The molecule has 4 nitrogen and oxygen atoms in total. The topological polar surface area (TPSA) is 47.0 Å². The summed E-state index contributed by atoms with van der Waals surface area (Å²) in [6.45, 7) is 4.63. The quantitative estimate of drug-likeness (QED) is 0.405. The zero-order valence-electron chi connectivity index (χ0n) is 17.0. The van der Waals surface area contributed by atoms with Crippen LogP contribution in [0.2, 0.25) is 0 Å². The van der Waals surface area contributed by atoms with Crippen molar-refractivity contribution in [3.8, 4) is 11.6 Å². The second-order valence-corrected chi connectivity index (χ2v) is 9.41. The molecule has 0 bridgehead atoms. The third-order valence-corrected chi connectivity index (χ3v) is 7.01. The highest BCUT2D eigenvalue weighted by Gasteiger charge is 2.50. The molecule has 29 heavy (non-hydrogen) atoms. The second-order valence-electron chi connectivity index (χ2n) is 7.67. The van der Waals surface area contributed by atoms with Gasteiger partial charge in [0.25, 0.3) is 0 Å². The predicted molar refractivity (Wildman–Crippen MR) is 121 cm³/mol. The number of thioether (sulfide) groups is 1. The first-order chi connectivity index (χ1) is 14.2. The SMILES string of the molecule is CCCCC1SC1(C)Cc1cccnc1Oc1ccc(Nc2ccccn2)cc1. The molecule has 0 saturated carbocycles. The molecular formula is C24H27N3OS. The number of hydrogen-bond donors (Lipinski definition) is 1. The Kier molecular flexibility index (Phi) is 6.05. The molecule has 2 unspecified atom stereocenters. The minimum atomic E-state index is 0.312. The maximum absolute atomic E-state index is 6.14. The van der Waals surface area contributed by atoms with Crippen LogP contribution in [0.15, 0.2) is 67.0 Å². The van der Waals surface area contributed by atoms with E-state index in [9.17, 15) is 0 Å². The molecule has 0 amide bonds. The van der Waals surface area contributed by atoms with Gasteiger partial charge in [0.1, 0.15) is 11.6 Å². The van der Waals surface area contributed by atoms with E-state index in [4.69, 9.17) is 4.74 Å². The number of benzene rings is 1. The van der Waals surface area contributed by atoms with Crippen LogP contribution >= 0.6 is 11.8 Å². The van der Waals surface area contributed by atoms with E-state index < -0.39 is 0 Å². The Balaban J connectivity index is 1.41. The molecule has 1 aliphatic heterocycles. The molecule has 1 saturated heterocycles. The molecule has 3 aromatic rings. The summed E-state index contributed by atoms with van der Waals surface area (Å²) in [6.07, 6.45) is 8.44. The lowest BCUT2D eigenvalue weighted by Gasteiger charge is -2.14. The molecule has 150 valence electrons. The predicted octanol–water partition coefficient (Wildman–Crippen LogP) is 6.62. The van der Waals surface area contributed by atoms with Crippen molar-refractivity contribution in [1.29, 1.82) is 0 Å². The summed E-state index contributed by atoms with van der Waals surface area (Å²) in [4.78, 5) is 8.79. The van der Waals surface area contributed by atoms with Gasteiger partial charge < -0.3 is 10.1 Å². The van der Waals surface area contributed by atoms with Crippen LogP contribution in [0.3, 0.4) is 0 Å². The van der Waals surface area contributed by atoms with E-state index in [1.54, 1.807) is 12.4 Å². The van der Waals surface area contributed by atoms with E-state index in [2.05, 4.69) is 47.0 Å². The molecule has 0 spiro atoms. The van der Waals surface area contributed by atoms with Crippen molar-refractivity contribution >= 4 is 23.3 Å². The standard InChI is InChI=1S/C24H27N3OS/c1-3-4-9-21-24(2,29-21)17-18-8-7-16-26-23(18)28-20-13-11-19(12-14-20)27-22-10-5-6-15-25-22/h5-8,10-16,21H,3-4,9,17H2,1-2H3,(H,25,27). The molecule has 2 atom stereocenters. The third-order valence-electron chi connectivity index (χ3n) is 5.25. The zero-order chi connectivity index (χ0) is 20.1. The Morgan fingerprint density at radius 2 is 1.86 bits per heavy atom. The van der Waals surface area contributed by atoms with Gasteiger partial charge in [0, 0.05) is 33.6 Å². The first-order valence-electron chi connectivity index (χ1n) is 10.2. The number of aromatic nitrogens is 2. The van der Waals surface area contributed by atoms with Crippen LogP contribution in [0.25, 0.3) is 0 Å². The molecule has 1 aliphatic rings. The van der Waals surface area contributed by atoms with Crippen LogP contribution in [-0.4, -0.2) is 20.0 Å². The van der Waals surface area contributed by atoms with Crippen LogP contribution in [0.5, 0.6) is 11.6 Å². The summed E-state index contributed by atoms with van der Waals surface area (Å²) >= 11 is 2.09. The van der Waals surface area contributed by atoms with Crippen molar-refractivity contribution < 1.29 is 4.74 Å². The van der Waals surface area contributed by atoms with Gasteiger partial charge >= 0.3 is 0 Å². The number of rotatable bonds is 9. The normalized spacial score (nSPS) is 20.3. The number of ether oxygens (including phenoxy) is 1. The fraction of sp³-hybridized carbons (Fsp3) is 0.333. The van der Waals surface area contributed by atoms with E-state index in [1.807, 2.05) is 48.5 Å². The lowest BCUT2D eigenvalue weighted by Crippen LogP contribution is -2.14. The number of unbranched alkanes of at least 4 members (excludes halogenated alkanes) is 1. The number of nitrogens with one attached hydrogen (secondary N) is 1. The molecule has 0 aliphatic carbocycles. The van der Waals surface area contributed by atoms with Crippen molar-refractivity contribution in [2.75, 3.05) is 5.32 Å². The zero-order valence-corrected chi connectivity index (χ0v) is 17.8. The molecule has 5 heteroatoms. The fourth-order valence-corrected chi connectivity index (χ4v) is 4.84. The van der Waals surface area contributed by atoms with Crippen LogP contribution < -0.4 is 10.1 Å². The molecule has 2 aromatic heterocycles. The minimum absolute atomic E-state index is 0.312. The van der Waals surface area contributed by atoms with Gasteiger partial charge in [0.15, 0.2) is 0 Å². The Hall–Kier alpha value is -2.53. The Labute approximate surface area is 177 Å². The first kappa shape index (κ1) is 19.8. The van der Waals surface area contributed by atoms with Gasteiger partial charge in [-0.2, -0.15) is 0 Å². The highest BCUT2D eigenvalue weighted by molar-refractivity contribution is 8.08. The average Bonchev–Trinajstić information content (AvgIpc) is 3.39. The van der Waals surface area contributed by atoms with Gasteiger partial charge in [0.2, 0.25) is 5.88 Å². The maximum Gasteiger partial charge on any atom is 0.222 e. The van der Waals surface area contributed by atoms with Gasteiger partial charge in [-0.1, -0.05) is 31.9 Å². The van der Waals surface area contributed by atoms with Crippen LogP contribution in [-0.2, 0) is 6.42 Å². The van der Waals surface area contributed by atoms with Crippen molar-refractivity contribution in [3.05, 3.63) is 72.6 Å². The highest BCUT2D eigenvalue weighted by Crippen LogP contribution is 2.57. The molecule has 0 radical (unpaired) electrons. The van der Waals surface area contributed by atoms with E-state index >= 15 is 0 Å². The number of nitrogens with zero attached hydrogens (tertiary/aromatic N) is 2. The summed E-state index contributed by atoms with van der Waals surface area (Å²) in [5.41, 5.74) is 2.15. The third kappa shape index (κ3) is 5.10. The van der Waals surface area contributed by atoms with E-state index in [0.29, 0.717) is 10.6 Å². The summed E-state index contributed by atoms with van der Waals surface area (Å²) in [5.74, 6) is 2.31. The Morgan fingerprint density at radius 1 is 1.03 bits per heavy atom. The second kappa shape index (κ2) is 8.87. The number of pyridine rings is 2. The minimum Gasteiger partial charge on any atom is -0.439 e. The largest absolute Gasteiger partial charge is 0.439 e. The van der Waals surface area contributed by atoms with E-state index in [-0.39, 0.29) is 0 Å². The van der Waals surface area contributed by atoms with Gasteiger partial charge in [-0.05, 0) is 62.2 Å². The van der Waals surface area contributed by atoms with Gasteiger partial charge in [-0.25, -0.2) is 9.97 Å². The number of anilines is 2. The van der Waals surface area contributed by atoms with Crippen molar-refractivity contribution in [3.63, 3.8) is 0 Å². The van der Waals surface area contributed by atoms with Crippen LogP contribution in [0, 0.1) is 0 Å². The maximum atomic E-state index is 6.14. The lowest BCUT2D eigenvalue weighted by atomic mass is 9.96. The summed E-state index contributed by atoms with van der Waals surface area (Å²) in [6, 6.07) is 17.8. The fourth-order valence-electron chi connectivity index (χ4n) is 3.53. The Bertz CT molecular complexity index is 932.